The number of ether oxygens (including phenoxy) is 1. The Morgan fingerprint density at radius 1 is 1.39 bits per heavy atom. The molecule has 1 unspecified atom stereocenters. The zero-order valence-corrected chi connectivity index (χ0v) is 17.7. The Bertz CT molecular complexity index is 1150. The van der Waals surface area contributed by atoms with Crippen molar-refractivity contribution < 1.29 is 19.2 Å². The number of nitrogens with zero attached hydrogens (tertiary/aromatic N) is 2. The van der Waals surface area contributed by atoms with Gasteiger partial charge < -0.3 is 15.0 Å². The molecule has 0 fully saturated rings. The highest BCUT2D eigenvalue weighted by Crippen LogP contribution is 2.27. The van der Waals surface area contributed by atoms with Crippen LogP contribution in [0.1, 0.15) is 35.7 Å². The third-order valence-corrected chi connectivity index (χ3v) is 4.93. The van der Waals surface area contributed by atoms with Crippen molar-refractivity contribution in [2.45, 2.75) is 39.7 Å². The number of hydrogen-bond acceptors (Lipinski definition) is 7. The first kappa shape index (κ1) is 23.6. The van der Waals surface area contributed by atoms with E-state index in [4.69, 9.17) is 21.6 Å². The second-order valence-electron chi connectivity index (χ2n) is 6.71. The van der Waals surface area contributed by atoms with Gasteiger partial charge in [0.1, 0.15) is 11.6 Å². The van der Waals surface area contributed by atoms with Crippen LogP contribution in [0.25, 0.3) is 0 Å². The van der Waals surface area contributed by atoms with E-state index in [0.717, 1.165) is 6.07 Å². The maximum Gasteiger partial charge on any atom is 0.306 e. The Morgan fingerprint density at radius 3 is 2.68 bits per heavy atom. The van der Waals surface area contributed by atoms with Gasteiger partial charge in [-0.05, 0) is 44.4 Å². The first-order valence-corrected chi connectivity index (χ1v) is 9.49. The van der Waals surface area contributed by atoms with Gasteiger partial charge in [-0.25, -0.2) is 0 Å². The van der Waals surface area contributed by atoms with E-state index in [2.05, 4.69) is 10.3 Å². The van der Waals surface area contributed by atoms with E-state index in [9.17, 15) is 24.5 Å². The normalized spacial score (nSPS) is 11.3. The quantitative estimate of drug-likeness (QED) is 0.376. The number of carbonyl (C=O) groups excluding carboxylic acids is 2. The number of aromatic nitrogens is 1. The zero-order chi connectivity index (χ0) is 23.3. The third-order valence-electron chi connectivity index (χ3n) is 4.60. The minimum absolute atomic E-state index is 0.0180. The summed E-state index contributed by atoms with van der Waals surface area (Å²) >= 11 is 5.95. The summed E-state index contributed by atoms with van der Waals surface area (Å²) in [6, 6.07) is 5.41. The summed E-state index contributed by atoms with van der Waals surface area (Å²) in [7, 11) is 0. The zero-order valence-electron chi connectivity index (χ0n) is 16.9. The smallest absolute Gasteiger partial charge is 0.306 e. The van der Waals surface area contributed by atoms with Gasteiger partial charge in [0.25, 0.3) is 17.2 Å². The van der Waals surface area contributed by atoms with Crippen LogP contribution >= 0.6 is 11.6 Å². The van der Waals surface area contributed by atoms with Gasteiger partial charge in [0.05, 0.1) is 15.6 Å². The van der Waals surface area contributed by atoms with Crippen LogP contribution in [0.4, 0.5) is 11.4 Å². The molecule has 1 heterocycles. The van der Waals surface area contributed by atoms with Crippen LogP contribution in [0, 0.1) is 35.3 Å². The van der Waals surface area contributed by atoms with E-state index >= 15 is 0 Å². The minimum atomic E-state index is -1.18. The number of halogens is 1. The number of pyridine rings is 1. The maximum atomic E-state index is 12.3. The lowest BCUT2D eigenvalue weighted by Crippen LogP contribution is -2.30. The number of nitro benzene ring substituents is 1. The van der Waals surface area contributed by atoms with E-state index in [-0.39, 0.29) is 34.8 Å². The molecule has 0 bridgehead atoms. The van der Waals surface area contributed by atoms with E-state index in [1.54, 1.807) is 13.8 Å². The molecule has 0 spiro atoms. The van der Waals surface area contributed by atoms with Gasteiger partial charge >= 0.3 is 5.97 Å². The van der Waals surface area contributed by atoms with Gasteiger partial charge in [0.2, 0.25) is 0 Å². The lowest BCUT2D eigenvalue weighted by molar-refractivity contribution is -0.384. The number of nitrogens with one attached hydrogen (secondary N) is 2. The van der Waals surface area contributed by atoms with E-state index in [0.29, 0.717) is 16.8 Å². The molecule has 0 saturated heterocycles. The Labute approximate surface area is 181 Å². The number of carbonyl (C=O) groups is 2. The minimum Gasteiger partial charge on any atom is -0.453 e. The summed E-state index contributed by atoms with van der Waals surface area (Å²) in [5, 5.41) is 22.5. The molecule has 11 heteroatoms. The number of aryl methyl sites for hydroxylation is 1. The summed E-state index contributed by atoms with van der Waals surface area (Å²) in [4.78, 5) is 49.1. The fourth-order valence-corrected chi connectivity index (χ4v) is 3.08. The molecular formula is C20H19ClN4O6. The molecule has 162 valence electrons. The molecule has 1 atom stereocenters. The van der Waals surface area contributed by atoms with E-state index in [1.807, 2.05) is 6.07 Å². The van der Waals surface area contributed by atoms with Crippen LogP contribution in [0.3, 0.4) is 0 Å². The lowest BCUT2D eigenvalue weighted by atomic mass is 9.99. The van der Waals surface area contributed by atoms with Crippen molar-refractivity contribution in [3.8, 4) is 6.07 Å². The second kappa shape index (κ2) is 9.86. The number of benzene rings is 1. The van der Waals surface area contributed by atoms with E-state index < -0.39 is 28.5 Å². The molecule has 2 rings (SSSR count). The number of non-ortho nitro benzene ring substituents is 1. The fraction of sp³-hybridized carbons (Fsp3) is 0.300. The topological polar surface area (TPSA) is 155 Å². The van der Waals surface area contributed by atoms with Gasteiger partial charge in [-0.2, -0.15) is 5.26 Å². The van der Waals surface area contributed by atoms with Crippen molar-refractivity contribution in [3.63, 3.8) is 0 Å². The standard InChI is InChI=1S/C20H19ClN4O6/c1-10-14(11(2)23-20(28)15(10)9-22)5-7-18(26)31-12(3)19(27)24-17-8-13(25(29)30)4-6-16(17)21/h4,6,8,12H,5,7H2,1-3H3,(H,23,28)(H,24,27). The Balaban J connectivity index is 2.01. The number of nitro groups is 1. The summed E-state index contributed by atoms with van der Waals surface area (Å²) in [5.41, 5.74) is 0.932. The molecule has 0 aliphatic heterocycles. The molecule has 0 radical (unpaired) electrons. The summed E-state index contributed by atoms with van der Waals surface area (Å²) in [6.45, 7) is 4.64. The summed E-state index contributed by atoms with van der Waals surface area (Å²) in [6.07, 6.45) is -1.07. The predicted octanol–water partition coefficient (Wildman–Crippen LogP) is 2.93. The van der Waals surface area contributed by atoms with Crippen LogP contribution in [-0.4, -0.2) is 27.9 Å². The molecule has 1 amide bonds. The molecule has 2 N–H and O–H groups in total. The first-order valence-electron chi connectivity index (χ1n) is 9.11. The number of H-pyrrole nitrogens is 1. The SMILES string of the molecule is Cc1[nH]c(=O)c(C#N)c(C)c1CCC(=O)OC(C)C(=O)Nc1cc([N+](=O)[O-])ccc1Cl. The van der Waals surface area contributed by atoms with Crippen LogP contribution in [0.15, 0.2) is 23.0 Å². The number of esters is 1. The number of anilines is 1. The maximum absolute atomic E-state index is 12.3. The molecule has 31 heavy (non-hydrogen) atoms. The van der Waals surface area contributed by atoms with Gasteiger partial charge in [-0.15, -0.1) is 0 Å². The Hall–Kier alpha value is -3.71. The number of hydrogen-bond donors (Lipinski definition) is 2. The molecule has 1 aromatic carbocycles. The molecule has 10 nitrogen and oxygen atoms in total. The average Bonchev–Trinajstić information content (AvgIpc) is 2.69. The van der Waals surface area contributed by atoms with Crippen molar-refractivity contribution >= 4 is 34.9 Å². The Kier molecular flexibility index (Phi) is 7.50. The monoisotopic (exact) mass is 446 g/mol. The number of nitriles is 1. The highest BCUT2D eigenvalue weighted by Gasteiger charge is 2.21. The fourth-order valence-electron chi connectivity index (χ4n) is 2.91. The molecule has 0 aliphatic carbocycles. The van der Waals surface area contributed by atoms with Crippen molar-refractivity contribution in [1.82, 2.24) is 4.98 Å². The van der Waals surface area contributed by atoms with Crippen LogP contribution < -0.4 is 10.9 Å². The van der Waals surface area contributed by atoms with Crippen molar-refractivity contribution in [2.24, 2.45) is 0 Å². The van der Waals surface area contributed by atoms with Gasteiger partial charge in [-0.3, -0.25) is 24.5 Å². The third kappa shape index (κ3) is 5.67. The highest BCUT2D eigenvalue weighted by atomic mass is 35.5. The number of rotatable bonds is 7. The number of amides is 1. The predicted molar refractivity (Wildman–Crippen MR) is 112 cm³/mol. The van der Waals surface area contributed by atoms with Crippen LogP contribution in [-0.2, 0) is 20.7 Å². The molecule has 2 aromatic rings. The highest BCUT2D eigenvalue weighted by molar-refractivity contribution is 6.33. The van der Waals surface area contributed by atoms with Gasteiger partial charge in [0, 0.05) is 24.2 Å². The van der Waals surface area contributed by atoms with Crippen molar-refractivity contribution in [3.05, 3.63) is 66.1 Å². The first-order chi connectivity index (χ1) is 14.5. The molecule has 0 saturated carbocycles. The summed E-state index contributed by atoms with van der Waals surface area (Å²) < 4.78 is 5.12. The molecule has 0 aliphatic rings. The molecular weight excluding hydrogens is 428 g/mol. The van der Waals surface area contributed by atoms with Crippen LogP contribution in [0.5, 0.6) is 0 Å². The van der Waals surface area contributed by atoms with Crippen LogP contribution in [0.2, 0.25) is 5.02 Å². The number of aromatic amines is 1. The largest absolute Gasteiger partial charge is 0.453 e. The summed E-state index contributed by atoms with van der Waals surface area (Å²) in [5.74, 6) is -1.38. The molecule has 1 aromatic heterocycles. The Morgan fingerprint density at radius 2 is 2.06 bits per heavy atom. The van der Waals surface area contributed by atoms with Crippen molar-refractivity contribution in [1.29, 1.82) is 5.26 Å². The van der Waals surface area contributed by atoms with Crippen molar-refractivity contribution in [2.75, 3.05) is 5.32 Å². The lowest BCUT2D eigenvalue weighted by Gasteiger charge is -2.15. The second-order valence-corrected chi connectivity index (χ2v) is 7.12. The van der Waals surface area contributed by atoms with Gasteiger partial charge in [-0.1, -0.05) is 11.6 Å². The van der Waals surface area contributed by atoms with E-state index in [1.165, 1.54) is 19.1 Å². The van der Waals surface area contributed by atoms with Gasteiger partial charge in [0.15, 0.2) is 6.10 Å². The average molecular weight is 447 g/mol.